The third-order valence-electron chi connectivity index (χ3n) is 9.88. The van der Waals surface area contributed by atoms with Gasteiger partial charge in [-0.3, -0.25) is 4.98 Å². The molecule has 0 saturated carbocycles. The Hall–Kier alpha value is -3.73. The summed E-state index contributed by atoms with van der Waals surface area (Å²) in [5.41, 5.74) is 3.31. The first kappa shape index (κ1) is 24.3. The van der Waals surface area contributed by atoms with Crippen LogP contribution < -0.4 is 4.74 Å². The van der Waals surface area contributed by atoms with E-state index in [1.54, 1.807) is 7.11 Å². The Balaban J connectivity index is 1.39. The van der Waals surface area contributed by atoms with Gasteiger partial charge in [0.15, 0.2) is 0 Å². The number of aliphatic hydroxyl groups is 1. The topological polar surface area (TPSA) is 42.4 Å². The minimum Gasteiger partial charge on any atom is -0.497 e. The minimum atomic E-state index is -0.622. The number of ether oxygens (including phenoxy) is 1. The molecule has 3 aliphatic rings. The third kappa shape index (κ3) is 3.85. The third-order valence-corrected chi connectivity index (χ3v) is 9.88. The predicted molar refractivity (Wildman–Crippen MR) is 159 cm³/mol. The van der Waals surface area contributed by atoms with Crippen LogP contribution in [0.2, 0.25) is 0 Å². The first-order valence-corrected chi connectivity index (χ1v) is 14.0. The standard InChI is InChI=1S/C35H35N2O2/c1-3-35-15-18-37(19-16-35,23-31-27-10-6-4-8-24(27)20-25-9-5-7-11-28(25)31)33(22-35)34(38)29-14-17-36-32-13-12-26(39-2)21-30(29)32/h3-14,17,20-21,33-34,38H,1,15-16,18-19,22-23H2,2H3/q+1/t33-,34+,35?,37?/m0/s1. The van der Waals surface area contributed by atoms with Gasteiger partial charge in [0.1, 0.15) is 24.4 Å². The normalized spacial score (nSPS) is 25.2. The van der Waals surface area contributed by atoms with Gasteiger partial charge in [-0.15, -0.1) is 6.58 Å². The van der Waals surface area contributed by atoms with Crippen molar-refractivity contribution in [3.05, 3.63) is 109 Å². The van der Waals surface area contributed by atoms with Gasteiger partial charge in [0, 0.05) is 41.8 Å². The fraction of sp³-hybridized carbons (Fsp3) is 0.286. The Labute approximate surface area is 229 Å². The zero-order chi connectivity index (χ0) is 26.6. The average Bonchev–Trinajstić information content (AvgIpc) is 3.00. The molecule has 3 saturated heterocycles. The van der Waals surface area contributed by atoms with Crippen molar-refractivity contribution in [2.75, 3.05) is 20.2 Å². The van der Waals surface area contributed by atoms with Crippen LogP contribution in [0.5, 0.6) is 5.75 Å². The highest BCUT2D eigenvalue weighted by Crippen LogP contribution is 2.53. The highest BCUT2D eigenvalue weighted by Gasteiger charge is 2.56. The van der Waals surface area contributed by atoms with E-state index in [0.717, 1.165) is 65.6 Å². The van der Waals surface area contributed by atoms with Crippen molar-refractivity contribution in [1.82, 2.24) is 4.98 Å². The molecular formula is C35H35N2O2+. The van der Waals surface area contributed by atoms with Crippen LogP contribution in [-0.2, 0) is 6.54 Å². The van der Waals surface area contributed by atoms with Gasteiger partial charge in [-0.25, -0.2) is 0 Å². The lowest BCUT2D eigenvalue weighted by Gasteiger charge is -2.59. The molecule has 4 heterocycles. The number of quaternary nitrogens is 1. The minimum absolute atomic E-state index is 0.0556. The fourth-order valence-corrected chi connectivity index (χ4v) is 7.58. The number of benzene rings is 4. The molecule has 196 valence electrons. The quantitative estimate of drug-likeness (QED) is 0.146. The van der Waals surface area contributed by atoms with Crippen LogP contribution in [0.1, 0.15) is 36.5 Å². The predicted octanol–water partition coefficient (Wildman–Crippen LogP) is 7.34. The van der Waals surface area contributed by atoms with Crippen molar-refractivity contribution in [3.8, 4) is 5.75 Å². The van der Waals surface area contributed by atoms with Crippen LogP contribution in [0.3, 0.4) is 0 Å². The number of piperidine rings is 3. The fourth-order valence-electron chi connectivity index (χ4n) is 7.58. The molecule has 4 nitrogen and oxygen atoms in total. The largest absolute Gasteiger partial charge is 0.497 e. The number of fused-ring (bicyclic) bond motifs is 6. The van der Waals surface area contributed by atoms with Gasteiger partial charge in [-0.1, -0.05) is 54.6 Å². The summed E-state index contributed by atoms with van der Waals surface area (Å²) in [7, 11) is 1.68. The van der Waals surface area contributed by atoms with Gasteiger partial charge >= 0.3 is 0 Å². The van der Waals surface area contributed by atoms with E-state index in [1.807, 2.05) is 30.5 Å². The lowest BCUT2D eigenvalue weighted by atomic mass is 9.65. The number of rotatable bonds is 6. The summed E-state index contributed by atoms with van der Waals surface area (Å²) in [6.45, 7) is 7.25. The summed E-state index contributed by atoms with van der Waals surface area (Å²) >= 11 is 0. The van der Waals surface area contributed by atoms with Gasteiger partial charge in [-0.2, -0.15) is 0 Å². The summed E-state index contributed by atoms with van der Waals surface area (Å²) in [6.07, 6.45) is 6.56. The van der Waals surface area contributed by atoms with E-state index >= 15 is 0 Å². The van der Waals surface area contributed by atoms with Crippen LogP contribution in [0.4, 0.5) is 0 Å². The summed E-state index contributed by atoms with van der Waals surface area (Å²) in [4.78, 5) is 4.59. The molecule has 0 spiro atoms. The Morgan fingerprint density at radius 2 is 1.67 bits per heavy atom. The van der Waals surface area contributed by atoms with Crippen molar-refractivity contribution >= 4 is 32.4 Å². The average molecular weight is 516 g/mol. The Kier molecular flexibility index (Phi) is 5.73. The molecule has 3 fully saturated rings. The molecule has 8 rings (SSSR count). The Morgan fingerprint density at radius 3 is 2.33 bits per heavy atom. The van der Waals surface area contributed by atoms with Crippen molar-refractivity contribution in [1.29, 1.82) is 0 Å². The molecule has 39 heavy (non-hydrogen) atoms. The molecule has 2 bridgehead atoms. The SMILES string of the molecule is C=CC12CC[N+](Cc3c4ccccc4cc4ccccc34)(CC1)[C@H]([C@H](O)c1ccnc3ccc(OC)cc13)C2. The van der Waals surface area contributed by atoms with Gasteiger partial charge in [-0.05, 0) is 57.4 Å². The number of nitrogens with zero attached hydrogens (tertiary/aromatic N) is 2. The maximum absolute atomic E-state index is 12.3. The molecule has 4 heteroatoms. The second kappa shape index (κ2) is 9.18. The molecule has 0 aliphatic carbocycles. The summed E-state index contributed by atoms with van der Waals surface area (Å²) in [5.74, 6) is 0.781. The van der Waals surface area contributed by atoms with E-state index in [4.69, 9.17) is 4.74 Å². The second-order valence-corrected chi connectivity index (χ2v) is 11.7. The lowest BCUT2D eigenvalue weighted by Crippen LogP contribution is -2.67. The number of methoxy groups -OCH3 is 1. The lowest BCUT2D eigenvalue weighted by molar-refractivity contribution is -0.983. The van der Waals surface area contributed by atoms with Gasteiger partial charge < -0.3 is 14.3 Å². The molecule has 0 unspecified atom stereocenters. The number of allylic oxidation sites excluding steroid dienone is 1. The molecular weight excluding hydrogens is 480 g/mol. The van der Waals surface area contributed by atoms with Crippen LogP contribution in [-0.4, -0.2) is 40.8 Å². The smallest absolute Gasteiger partial charge is 0.131 e. The molecule has 1 N–H and O–H groups in total. The number of aliphatic hydroxyl groups excluding tert-OH is 1. The maximum atomic E-state index is 12.3. The van der Waals surface area contributed by atoms with E-state index < -0.39 is 6.10 Å². The van der Waals surface area contributed by atoms with Crippen molar-refractivity contribution in [2.45, 2.75) is 38.0 Å². The van der Waals surface area contributed by atoms with Gasteiger partial charge in [0.25, 0.3) is 0 Å². The van der Waals surface area contributed by atoms with Crippen LogP contribution in [0.25, 0.3) is 32.4 Å². The summed E-state index contributed by atoms with van der Waals surface area (Å²) < 4.78 is 6.43. The van der Waals surface area contributed by atoms with E-state index in [1.165, 1.54) is 27.1 Å². The van der Waals surface area contributed by atoms with Crippen LogP contribution >= 0.6 is 0 Å². The first-order chi connectivity index (χ1) is 19.0. The van der Waals surface area contributed by atoms with Crippen molar-refractivity contribution in [3.63, 3.8) is 0 Å². The van der Waals surface area contributed by atoms with Crippen LogP contribution in [0.15, 0.2) is 97.7 Å². The van der Waals surface area contributed by atoms with E-state index in [0.29, 0.717) is 0 Å². The first-order valence-electron chi connectivity index (χ1n) is 14.0. The van der Waals surface area contributed by atoms with Crippen molar-refractivity contribution < 1.29 is 14.3 Å². The molecule has 0 radical (unpaired) electrons. The number of pyridine rings is 1. The zero-order valence-electron chi connectivity index (χ0n) is 22.5. The maximum Gasteiger partial charge on any atom is 0.131 e. The Bertz CT molecular complexity index is 1660. The molecule has 3 aliphatic heterocycles. The number of aromatic nitrogens is 1. The number of hydrogen-bond donors (Lipinski definition) is 1. The molecule has 5 aromatic rings. The van der Waals surface area contributed by atoms with E-state index in [2.05, 4.69) is 72.2 Å². The molecule has 1 aromatic heterocycles. The van der Waals surface area contributed by atoms with Gasteiger partial charge in [0.05, 0.1) is 25.7 Å². The summed E-state index contributed by atoms with van der Waals surface area (Å²) in [5, 5.41) is 18.5. The Morgan fingerprint density at radius 1 is 0.974 bits per heavy atom. The molecule has 2 atom stereocenters. The molecule has 0 amide bonds. The van der Waals surface area contributed by atoms with Crippen LogP contribution in [0, 0.1) is 5.41 Å². The summed E-state index contributed by atoms with van der Waals surface area (Å²) in [6, 6.07) is 27.8. The van der Waals surface area contributed by atoms with E-state index in [-0.39, 0.29) is 11.5 Å². The van der Waals surface area contributed by atoms with Crippen molar-refractivity contribution in [2.24, 2.45) is 5.41 Å². The highest BCUT2D eigenvalue weighted by molar-refractivity contribution is 6.02. The monoisotopic (exact) mass is 515 g/mol. The number of hydrogen-bond acceptors (Lipinski definition) is 3. The highest BCUT2D eigenvalue weighted by atomic mass is 16.5. The van der Waals surface area contributed by atoms with E-state index in [9.17, 15) is 5.11 Å². The van der Waals surface area contributed by atoms with Gasteiger partial charge in [0.2, 0.25) is 0 Å². The molecule has 4 aromatic carbocycles. The second-order valence-electron chi connectivity index (χ2n) is 11.7. The zero-order valence-corrected chi connectivity index (χ0v) is 22.5.